The normalized spacial score (nSPS) is 32.5. The molecule has 4 nitrogen and oxygen atoms in total. The second-order valence-corrected chi connectivity index (χ2v) is 4.63. The summed E-state index contributed by atoms with van der Waals surface area (Å²) in [4.78, 5) is 24.4. The molecule has 0 aromatic carbocycles. The van der Waals surface area contributed by atoms with Crippen molar-refractivity contribution in [2.24, 2.45) is 11.8 Å². The number of imide groups is 1. The van der Waals surface area contributed by atoms with Crippen LogP contribution < -0.4 is 5.32 Å². The highest BCUT2D eigenvalue weighted by atomic mass is 16.2. The van der Waals surface area contributed by atoms with Gasteiger partial charge >= 0.3 is 0 Å². The van der Waals surface area contributed by atoms with Gasteiger partial charge in [0.05, 0.1) is 0 Å². The molecular formula is C11H18N2O2. The molecule has 0 bridgehead atoms. The molecule has 0 aliphatic carbocycles. The van der Waals surface area contributed by atoms with Gasteiger partial charge in [0.2, 0.25) is 11.8 Å². The zero-order valence-corrected chi connectivity index (χ0v) is 9.16. The minimum absolute atomic E-state index is 0.0118. The van der Waals surface area contributed by atoms with Crippen molar-refractivity contribution in [3.05, 3.63) is 0 Å². The lowest BCUT2D eigenvalue weighted by Crippen LogP contribution is -2.44. The summed E-state index contributed by atoms with van der Waals surface area (Å²) in [6.07, 6.45) is 1.96. The highest BCUT2D eigenvalue weighted by Gasteiger charge is 2.32. The van der Waals surface area contributed by atoms with Crippen LogP contribution in [-0.2, 0) is 9.59 Å². The summed E-state index contributed by atoms with van der Waals surface area (Å²) in [5, 5.41) is 3.32. The molecule has 2 amide bonds. The highest BCUT2D eigenvalue weighted by molar-refractivity contribution is 6.01. The summed E-state index contributed by atoms with van der Waals surface area (Å²) in [5.74, 6) is 1.06. The third-order valence-electron chi connectivity index (χ3n) is 3.56. The lowest BCUT2D eigenvalue weighted by Gasteiger charge is -2.31. The molecule has 0 aromatic rings. The summed E-state index contributed by atoms with van der Waals surface area (Å²) in [6.45, 7) is 4.81. The van der Waals surface area contributed by atoms with E-state index >= 15 is 0 Å². The number of hydrogen-bond donors (Lipinski definition) is 1. The number of rotatable bonds is 2. The second-order valence-electron chi connectivity index (χ2n) is 4.63. The van der Waals surface area contributed by atoms with E-state index in [1.54, 1.807) is 0 Å². The van der Waals surface area contributed by atoms with Gasteiger partial charge in [0.25, 0.3) is 0 Å². The van der Waals surface area contributed by atoms with Crippen LogP contribution >= 0.6 is 0 Å². The standard InChI is InChI=1S/C11H18N2O2/c1-8-4-5-12-6-9(8)7-13-10(14)2-3-11(13)15/h8-9,12H,2-7H2,1H3. The number of nitrogens with one attached hydrogen (secondary N) is 1. The van der Waals surface area contributed by atoms with E-state index in [0.29, 0.717) is 31.2 Å². The Hall–Kier alpha value is -0.900. The van der Waals surface area contributed by atoms with Crippen molar-refractivity contribution in [1.82, 2.24) is 10.2 Å². The van der Waals surface area contributed by atoms with Crippen LogP contribution in [0.3, 0.4) is 0 Å². The van der Waals surface area contributed by atoms with Crippen LogP contribution in [0.4, 0.5) is 0 Å². The molecule has 4 heteroatoms. The molecule has 0 saturated carbocycles. The highest BCUT2D eigenvalue weighted by Crippen LogP contribution is 2.22. The van der Waals surface area contributed by atoms with E-state index in [2.05, 4.69) is 12.2 Å². The van der Waals surface area contributed by atoms with Crippen LogP contribution in [0.25, 0.3) is 0 Å². The molecule has 2 fully saturated rings. The Morgan fingerprint density at radius 2 is 2.00 bits per heavy atom. The van der Waals surface area contributed by atoms with Gasteiger partial charge in [-0.3, -0.25) is 14.5 Å². The molecule has 2 atom stereocenters. The average molecular weight is 210 g/mol. The van der Waals surface area contributed by atoms with Crippen molar-refractivity contribution in [1.29, 1.82) is 0 Å². The molecule has 2 aliphatic rings. The van der Waals surface area contributed by atoms with Crippen molar-refractivity contribution in [2.75, 3.05) is 19.6 Å². The Kier molecular flexibility index (Phi) is 3.05. The van der Waals surface area contributed by atoms with Crippen LogP contribution in [0.1, 0.15) is 26.2 Å². The SMILES string of the molecule is CC1CCNCC1CN1C(=O)CCC1=O. The molecule has 2 heterocycles. The Morgan fingerprint density at radius 1 is 1.33 bits per heavy atom. The first-order valence-corrected chi connectivity index (χ1v) is 5.72. The molecule has 2 unspecified atom stereocenters. The van der Waals surface area contributed by atoms with E-state index in [1.807, 2.05) is 0 Å². The van der Waals surface area contributed by atoms with Crippen molar-refractivity contribution < 1.29 is 9.59 Å². The number of piperidine rings is 1. The lowest BCUT2D eigenvalue weighted by atomic mass is 9.88. The number of likely N-dealkylation sites (tertiary alicyclic amines) is 1. The van der Waals surface area contributed by atoms with Crippen LogP contribution in [0.15, 0.2) is 0 Å². The van der Waals surface area contributed by atoms with Gasteiger partial charge < -0.3 is 5.32 Å². The minimum Gasteiger partial charge on any atom is -0.316 e. The Balaban J connectivity index is 1.95. The molecular weight excluding hydrogens is 192 g/mol. The third kappa shape index (κ3) is 2.20. The molecule has 2 saturated heterocycles. The van der Waals surface area contributed by atoms with Gasteiger partial charge in [0.15, 0.2) is 0 Å². The summed E-state index contributed by atoms with van der Waals surface area (Å²) >= 11 is 0. The summed E-state index contributed by atoms with van der Waals surface area (Å²) in [5.41, 5.74) is 0. The molecule has 2 aliphatic heterocycles. The fraction of sp³-hybridized carbons (Fsp3) is 0.818. The maximum atomic E-state index is 11.4. The van der Waals surface area contributed by atoms with Gasteiger partial charge in [-0.1, -0.05) is 6.92 Å². The number of hydrogen-bond acceptors (Lipinski definition) is 3. The Bertz CT molecular complexity index is 262. The number of nitrogens with zero attached hydrogens (tertiary/aromatic N) is 1. The summed E-state index contributed by atoms with van der Waals surface area (Å²) in [7, 11) is 0. The predicted molar refractivity (Wildman–Crippen MR) is 56.1 cm³/mol. The number of carbonyl (C=O) groups excluding carboxylic acids is 2. The van der Waals surface area contributed by atoms with Crippen LogP contribution in [0.2, 0.25) is 0 Å². The molecule has 0 radical (unpaired) electrons. The van der Waals surface area contributed by atoms with Crippen molar-refractivity contribution in [2.45, 2.75) is 26.2 Å². The summed E-state index contributed by atoms with van der Waals surface area (Å²) < 4.78 is 0. The van der Waals surface area contributed by atoms with Crippen molar-refractivity contribution in [3.8, 4) is 0 Å². The van der Waals surface area contributed by atoms with Crippen molar-refractivity contribution >= 4 is 11.8 Å². The maximum Gasteiger partial charge on any atom is 0.229 e. The molecule has 84 valence electrons. The molecule has 0 spiro atoms. The minimum atomic E-state index is 0.0118. The first-order valence-electron chi connectivity index (χ1n) is 5.72. The van der Waals surface area contributed by atoms with Crippen molar-refractivity contribution in [3.63, 3.8) is 0 Å². The van der Waals surface area contributed by atoms with Crippen LogP contribution in [0.5, 0.6) is 0 Å². The topological polar surface area (TPSA) is 49.4 Å². The second kappa shape index (κ2) is 4.31. The van der Waals surface area contributed by atoms with E-state index in [1.165, 1.54) is 4.90 Å². The van der Waals surface area contributed by atoms with Gasteiger partial charge in [0.1, 0.15) is 0 Å². The zero-order chi connectivity index (χ0) is 10.8. The summed E-state index contributed by atoms with van der Waals surface area (Å²) in [6, 6.07) is 0. The third-order valence-corrected chi connectivity index (χ3v) is 3.56. The van der Waals surface area contributed by atoms with Gasteiger partial charge in [-0.05, 0) is 31.3 Å². The number of carbonyl (C=O) groups is 2. The van der Waals surface area contributed by atoms with Gasteiger partial charge in [-0.25, -0.2) is 0 Å². The monoisotopic (exact) mass is 210 g/mol. The number of amides is 2. The van der Waals surface area contributed by atoms with Crippen LogP contribution in [-0.4, -0.2) is 36.3 Å². The fourth-order valence-electron chi connectivity index (χ4n) is 2.36. The average Bonchev–Trinajstić information content (AvgIpc) is 2.53. The van der Waals surface area contributed by atoms with E-state index < -0.39 is 0 Å². The van der Waals surface area contributed by atoms with E-state index in [9.17, 15) is 9.59 Å². The quantitative estimate of drug-likeness (QED) is 0.670. The lowest BCUT2D eigenvalue weighted by molar-refractivity contribution is -0.139. The zero-order valence-electron chi connectivity index (χ0n) is 9.16. The smallest absolute Gasteiger partial charge is 0.229 e. The molecule has 2 rings (SSSR count). The van der Waals surface area contributed by atoms with E-state index in [-0.39, 0.29) is 11.8 Å². The van der Waals surface area contributed by atoms with Gasteiger partial charge in [-0.15, -0.1) is 0 Å². The Morgan fingerprint density at radius 3 is 2.60 bits per heavy atom. The largest absolute Gasteiger partial charge is 0.316 e. The van der Waals surface area contributed by atoms with E-state index in [4.69, 9.17) is 0 Å². The fourth-order valence-corrected chi connectivity index (χ4v) is 2.36. The van der Waals surface area contributed by atoms with Gasteiger partial charge in [0, 0.05) is 19.4 Å². The van der Waals surface area contributed by atoms with Gasteiger partial charge in [-0.2, -0.15) is 0 Å². The molecule has 15 heavy (non-hydrogen) atoms. The first kappa shape index (κ1) is 10.6. The first-order chi connectivity index (χ1) is 7.18. The molecule has 1 N–H and O–H groups in total. The van der Waals surface area contributed by atoms with E-state index in [0.717, 1.165) is 19.5 Å². The van der Waals surface area contributed by atoms with Crippen LogP contribution in [0, 0.1) is 11.8 Å². The maximum absolute atomic E-state index is 11.4. The Labute approximate surface area is 90.0 Å². The molecule has 0 aromatic heterocycles. The predicted octanol–water partition coefficient (Wildman–Crippen LogP) is 0.381.